The van der Waals surface area contributed by atoms with Crippen molar-refractivity contribution in [2.45, 2.75) is 384 Å². The summed E-state index contributed by atoms with van der Waals surface area (Å²) in [6, 6.07) is 0. The molecule has 2 aliphatic rings. The van der Waals surface area contributed by atoms with Gasteiger partial charge in [-0.05, 0) is 122 Å². The van der Waals surface area contributed by atoms with Crippen molar-refractivity contribution in [2.75, 3.05) is 39.6 Å². The molecule has 2 fully saturated rings. The molecule has 0 aromatic rings. The van der Waals surface area contributed by atoms with Crippen molar-refractivity contribution in [2.24, 2.45) is 0 Å². The van der Waals surface area contributed by atoms with Gasteiger partial charge < -0.3 is 78.7 Å². The summed E-state index contributed by atoms with van der Waals surface area (Å²) in [5.41, 5.74) is 0. The van der Waals surface area contributed by atoms with Gasteiger partial charge in [0.25, 0.3) is 0 Å². The fourth-order valence-corrected chi connectivity index (χ4v) is 11.8. The second-order valence-electron chi connectivity index (χ2n) is 28.1. The molecule has 0 amide bonds. The smallest absolute Gasteiger partial charge is 0.306 e. The molecular weight excluding hydrogens is 1350 g/mol. The minimum absolute atomic E-state index is 0.196. The second kappa shape index (κ2) is 71.9. The molecule has 0 aliphatic carbocycles. The molecule has 20 nitrogen and oxygen atoms in total. The monoisotopic (exact) mass is 1500 g/mol. The highest BCUT2D eigenvalue weighted by atomic mass is 16.7. The summed E-state index contributed by atoms with van der Waals surface area (Å²) in [6.45, 7) is 6.56. The van der Waals surface area contributed by atoms with Crippen molar-refractivity contribution in [1.82, 2.24) is 0 Å². The maximum atomic E-state index is 12.7. The van der Waals surface area contributed by atoms with Crippen molar-refractivity contribution in [3.63, 3.8) is 0 Å². The van der Waals surface area contributed by atoms with Crippen LogP contribution in [0.25, 0.3) is 0 Å². The first kappa shape index (κ1) is 99.3. The Morgan fingerprint density at radius 1 is 0.302 bits per heavy atom. The number of unbranched alkanes of at least 4 members (excludes halogenated alkanes) is 28. The average Bonchev–Trinajstić information content (AvgIpc) is 0.827. The average molecular weight is 1500 g/mol. The van der Waals surface area contributed by atoms with E-state index in [2.05, 4.69) is 119 Å². The normalized spacial score (nSPS) is 21.4. The standard InChI is InChI=1S/C43H72O10.C43H76O10/c1-3-5-7-9-11-13-15-16-17-18-19-20-22-23-25-27-29-31-38(45)50-34-36(35-51-43-42(49)41(48)40(47)37(33-44)53-43)52-39(46)32-30-28-26-24-21-14-12-10-8-6-4-2;1-3-5-7-9-11-13-15-17-18-20-22-24-26-28-30-32-39(46)52-36(35-51-43-42(49)41(48)40(47)37(33-44)53-43)34-50-38(45)31-29-27-25-23-21-19-16-14-12-10-8-6-4-2/h5,7,11,13,16-17,19-20,23,25,36-37,40-44,47-49H,3-4,6,8-10,12,14-15,18,21-22,24,26-35H2,1-2H3;11,13-14,16-18,36-37,40-44,47-49H,3-10,12,15,19-35H2,1-2H3/b7-5-,13-11-,17-16-,20-19-,25-23-;13-11-,16-14-,18-17-. The zero-order valence-corrected chi connectivity index (χ0v) is 66.0. The van der Waals surface area contributed by atoms with Crippen LogP contribution in [0.1, 0.15) is 310 Å². The Labute approximate surface area is 639 Å². The van der Waals surface area contributed by atoms with E-state index in [9.17, 15) is 60.0 Å². The summed E-state index contributed by atoms with van der Waals surface area (Å²) >= 11 is 0. The second-order valence-corrected chi connectivity index (χ2v) is 28.1. The van der Waals surface area contributed by atoms with Crippen molar-refractivity contribution in [1.29, 1.82) is 0 Å². The molecule has 0 spiro atoms. The summed E-state index contributed by atoms with van der Waals surface area (Å²) in [6.07, 6.45) is 62.4. The van der Waals surface area contributed by atoms with Crippen molar-refractivity contribution in [3.05, 3.63) is 97.2 Å². The number of hydrogen-bond acceptors (Lipinski definition) is 20. The van der Waals surface area contributed by atoms with Gasteiger partial charge in [0, 0.05) is 25.7 Å². The van der Waals surface area contributed by atoms with Gasteiger partial charge in [-0.15, -0.1) is 0 Å². The van der Waals surface area contributed by atoms with E-state index in [1.807, 2.05) is 6.08 Å². The Hall–Kier alpha value is -4.68. The van der Waals surface area contributed by atoms with Gasteiger partial charge in [-0.2, -0.15) is 0 Å². The Morgan fingerprint density at radius 2 is 0.566 bits per heavy atom. The predicted molar refractivity (Wildman–Crippen MR) is 420 cm³/mol. The van der Waals surface area contributed by atoms with Crippen LogP contribution in [0.4, 0.5) is 0 Å². The van der Waals surface area contributed by atoms with Gasteiger partial charge in [-0.1, -0.05) is 260 Å². The van der Waals surface area contributed by atoms with Gasteiger partial charge in [0.1, 0.15) is 62.0 Å². The van der Waals surface area contributed by atoms with Crippen molar-refractivity contribution in [3.8, 4) is 0 Å². The lowest BCUT2D eigenvalue weighted by Crippen LogP contribution is -2.59. The zero-order chi connectivity index (χ0) is 77.6. The van der Waals surface area contributed by atoms with E-state index in [1.165, 1.54) is 96.3 Å². The SMILES string of the molecule is CC/C=C\C/C=C\C/C=C\C/C=C\C/C=C\CCCC(=O)OCC(COC1OC(CO)C(O)C(O)C1O)OC(=O)CCCCCCCCCCCCC.CCCCC/C=C\C/C=C\CCCCCCCC(=O)OC(COC(=O)CCCCCCC/C=C\CCCCCC)COC1OC(CO)C(O)C(O)C1O. The van der Waals surface area contributed by atoms with Gasteiger partial charge in [0.05, 0.1) is 26.4 Å². The van der Waals surface area contributed by atoms with Crippen LogP contribution in [0.3, 0.4) is 0 Å². The Balaban J connectivity index is 0.00000106. The first-order valence-electron chi connectivity index (χ1n) is 41.4. The van der Waals surface area contributed by atoms with Crippen LogP contribution in [-0.4, -0.2) is 178 Å². The topological polar surface area (TPSA) is 304 Å². The molecule has 20 heteroatoms. The maximum absolute atomic E-state index is 12.7. The number of aliphatic hydroxyl groups excluding tert-OH is 8. The largest absolute Gasteiger partial charge is 0.462 e. The Kier molecular flexibility index (Phi) is 67.4. The number of esters is 4. The summed E-state index contributed by atoms with van der Waals surface area (Å²) in [7, 11) is 0. The molecule has 0 saturated carbocycles. The number of ether oxygens (including phenoxy) is 8. The van der Waals surface area contributed by atoms with Gasteiger partial charge in [-0.3, -0.25) is 19.2 Å². The minimum Gasteiger partial charge on any atom is -0.462 e. The molecule has 0 bridgehead atoms. The summed E-state index contributed by atoms with van der Waals surface area (Å²) < 4.78 is 44.1. The van der Waals surface area contributed by atoms with Crippen LogP contribution in [0.5, 0.6) is 0 Å². The van der Waals surface area contributed by atoms with E-state index in [0.717, 1.165) is 135 Å². The molecule has 0 radical (unpaired) electrons. The first-order valence-corrected chi connectivity index (χ1v) is 41.4. The lowest BCUT2D eigenvalue weighted by molar-refractivity contribution is -0.305. The lowest BCUT2D eigenvalue weighted by atomic mass is 9.99. The molecular formula is C86H148O20. The van der Waals surface area contributed by atoms with E-state index in [-0.39, 0.29) is 52.1 Å². The number of aliphatic hydroxyl groups is 8. The highest BCUT2D eigenvalue weighted by Gasteiger charge is 2.45. The number of allylic oxidation sites excluding steroid dienone is 16. The molecule has 0 aromatic carbocycles. The first-order chi connectivity index (χ1) is 51.7. The van der Waals surface area contributed by atoms with Crippen molar-refractivity contribution >= 4 is 23.9 Å². The third-order valence-corrected chi connectivity index (χ3v) is 18.4. The minimum atomic E-state index is -1.60. The maximum Gasteiger partial charge on any atom is 0.306 e. The van der Waals surface area contributed by atoms with E-state index >= 15 is 0 Å². The molecule has 8 N–H and O–H groups in total. The zero-order valence-electron chi connectivity index (χ0n) is 66.0. The van der Waals surface area contributed by atoms with Crippen LogP contribution in [-0.2, 0) is 57.1 Å². The molecule has 2 rings (SSSR count). The van der Waals surface area contributed by atoms with Crippen molar-refractivity contribution < 1.29 is 97.9 Å². The van der Waals surface area contributed by atoms with Crippen LogP contribution in [0.15, 0.2) is 97.2 Å². The quantitative estimate of drug-likeness (QED) is 0.0121. The van der Waals surface area contributed by atoms with E-state index in [0.29, 0.717) is 25.7 Å². The molecule has 612 valence electrons. The third kappa shape index (κ3) is 55.7. The molecule has 2 saturated heterocycles. The summed E-state index contributed by atoms with van der Waals surface area (Å²) in [5, 5.41) is 79.9. The molecule has 12 unspecified atom stereocenters. The fraction of sp³-hybridized carbons (Fsp3) is 0.767. The van der Waals surface area contributed by atoms with Crippen LogP contribution >= 0.6 is 0 Å². The molecule has 2 heterocycles. The van der Waals surface area contributed by atoms with Crippen LogP contribution < -0.4 is 0 Å². The van der Waals surface area contributed by atoms with Gasteiger partial charge in [0.2, 0.25) is 0 Å². The Bertz CT molecular complexity index is 2330. The van der Waals surface area contributed by atoms with Gasteiger partial charge in [-0.25, -0.2) is 0 Å². The summed E-state index contributed by atoms with van der Waals surface area (Å²) in [5.74, 6) is -1.71. The predicted octanol–water partition coefficient (Wildman–Crippen LogP) is 16.2. The molecule has 0 aromatic heterocycles. The van der Waals surface area contributed by atoms with E-state index < -0.39 is 111 Å². The summed E-state index contributed by atoms with van der Waals surface area (Å²) in [4.78, 5) is 50.4. The van der Waals surface area contributed by atoms with E-state index in [1.54, 1.807) is 0 Å². The third-order valence-electron chi connectivity index (χ3n) is 18.4. The molecule has 106 heavy (non-hydrogen) atoms. The lowest BCUT2D eigenvalue weighted by Gasteiger charge is -2.39. The number of hydrogen-bond donors (Lipinski definition) is 8. The fourth-order valence-electron chi connectivity index (χ4n) is 11.8. The number of rotatable bonds is 66. The highest BCUT2D eigenvalue weighted by Crippen LogP contribution is 2.25. The van der Waals surface area contributed by atoms with E-state index in [4.69, 9.17) is 37.9 Å². The van der Waals surface area contributed by atoms with Crippen LogP contribution in [0, 0.1) is 0 Å². The van der Waals surface area contributed by atoms with Gasteiger partial charge in [0.15, 0.2) is 24.8 Å². The molecule has 2 aliphatic heterocycles. The number of carbonyl (C=O) groups excluding carboxylic acids is 4. The number of carbonyl (C=O) groups is 4. The Morgan fingerprint density at radius 3 is 0.915 bits per heavy atom. The van der Waals surface area contributed by atoms with Crippen LogP contribution in [0.2, 0.25) is 0 Å². The van der Waals surface area contributed by atoms with Gasteiger partial charge >= 0.3 is 23.9 Å². The highest BCUT2D eigenvalue weighted by molar-refractivity contribution is 5.71. The molecule has 12 atom stereocenters.